The highest BCUT2D eigenvalue weighted by Crippen LogP contribution is 2.31. The van der Waals surface area contributed by atoms with Crippen molar-refractivity contribution in [3.63, 3.8) is 0 Å². The number of methoxy groups -OCH3 is 1. The maximum atomic E-state index is 6.04. The number of benzene rings is 2. The molecule has 0 saturated heterocycles. The van der Waals surface area contributed by atoms with Crippen LogP contribution in [0.15, 0.2) is 48.5 Å². The summed E-state index contributed by atoms with van der Waals surface area (Å²) in [6.07, 6.45) is 2.38. The molecule has 2 aromatic rings. The van der Waals surface area contributed by atoms with Crippen LogP contribution >= 0.6 is 0 Å². The normalized spacial score (nSPS) is 10.5. The zero-order valence-corrected chi connectivity index (χ0v) is 13.5. The maximum Gasteiger partial charge on any atom is 0.166 e. The first-order valence-corrected chi connectivity index (χ1v) is 7.88. The summed E-state index contributed by atoms with van der Waals surface area (Å²) < 4.78 is 11.5. The summed E-state index contributed by atoms with van der Waals surface area (Å²) in [6.45, 7) is 4.55. The fourth-order valence-corrected chi connectivity index (χ4v) is 2.28. The lowest BCUT2D eigenvalue weighted by Crippen LogP contribution is -2.15. The van der Waals surface area contributed by atoms with E-state index in [2.05, 4.69) is 30.4 Å². The Hall–Kier alpha value is -2.00. The van der Waals surface area contributed by atoms with E-state index in [4.69, 9.17) is 9.47 Å². The van der Waals surface area contributed by atoms with Crippen LogP contribution in [0.4, 0.5) is 0 Å². The van der Waals surface area contributed by atoms with Crippen molar-refractivity contribution in [2.75, 3.05) is 13.7 Å². The van der Waals surface area contributed by atoms with E-state index in [0.29, 0.717) is 6.61 Å². The summed E-state index contributed by atoms with van der Waals surface area (Å²) in [7, 11) is 1.68. The van der Waals surface area contributed by atoms with Gasteiger partial charge in [-0.15, -0.1) is 0 Å². The predicted octanol–water partition coefficient (Wildman–Crippen LogP) is 4.16. The van der Waals surface area contributed by atoms with E-state index < -0.39 is 0 Å². The molecule has 0 amide bonds. The van der Waals surface area contributed by atoms with Gasteiger partial charge in [-0.05, 0) is 24.6 Å². The van der Waals surface area contributed by atoms with Gasteiger partial charge in [-0.3, -0.25) is 0 Å². The van der Waals surface area contributed by atoms with Crippen molar-refractivity contribution in [1.29, 1.82) is 0 Å². The Labute approximate surface area is 133 Å². The number of unbranched alkanes of at least 4 members (excludes halogenated alkanes) is 1. The van der Waals surface area contributed by atoms with Gasteiger partial charge in [-0.25, -0.2) is 0 Å². The molecule has 3 heteroatoms. The first-order valence-electron chi connectivity index (χ1n) is 7.88. The molecule has 118 valence electrons. The molecule has 0 aliphatic carbocycles. The molecule has 2 rings (SSSR count). The van der Waals surface area contributed by atoms with Crippen molar-refractivity contribution >= 4 is 0 Å². The van der Waals surface area contributed by atoms with Crippen LogP contribution in [0.25, 0.3) is 0 Å². The summed E-state index contributed by atoms with van der Waals surface area (Å²) in [5.74, 6) is 1.61. The number of nitrogens with one attached hydrogen (secondary N) is 1. The molecular formula is C19H25NO2. The monoisotopic (exact) mass is 299 g/mol. The second-order valence-electron chi connectivity index (χ2n) is 5.25. The highest BCUT2D eigenvalue weighted by molar-refractivity contribution is 5.46. The van der Waals surface area contributed by atoms with Crippen LogP contribution in [0, 0.1) is 0 Å². The molecule has 0 saturated carbocycles. The number of ether oxygens (including phenoxy) is 2. The number of hydrogen-bond donors (Lipinski definition) is 1. The molecule has 0 aliphatic heterocycles. The average Bonchev–Trinajstić information content (AvgIpc) is 2.58. The Morgan fingerprint density at radius 3 is 2.55 bits per heavy atom. The first kappa shape index (κ1) is 16.4. The quantitative estimate of drug-likeness (QED) is 0.705. The van der Waals surface area contributed by atoms with E-state index in [1.807, 2.05) is 30.3 Å². The van der Waals surface area contributed by atoms with E-state index in [1.165, 1.54) is 12.8 Å². The van der Waals surface area contributed by atoms with Crippen LogP contribution in [0.5, 0.6) is 11.5 Å². The van der Waals surface area contributed by atoms with Gasteiger partial charge in [0.15, 0.2) is 11.5 Å². The van der Waals surface area contributed by atoms with Crippen LogP contribution in [-0.2, 0) is 13.2 Å². The van der Waals surface area contributed by atoms with Crippen molar-refractivity contribution in [2.24, 2.45) is 0 Å². The summed E-state index contributed by atoms with van der Waals surface area (Å²) in [5, 5.41) is 3.46. The molecule has 0 aromatic heterocycles. The molecule has 0 heterocycles. The SMILES string of the molecule is CCCCNCc1cccc(OC)c1OCc1ccccc1. The zero-order valence-electron chi connectivity index (χ0n) is 13.5. The molecule has 0 atom stereocenters. The Balaban J connectivity index is 2.05. The minimum atomic E-state index is 0.545. The van der Waals surface area contributed by atoms with Gasteiger partial charge < -0.3 is 14.8 Å². The summed E-state index contributed by atoms with van der Waals surface area (Å²) >= 11 is 0. The largest absolute Gasteiger partial charge is 0.493 e. The lowest BCUT2D eigenvalue weighted by molar-refractivity contribution is 0.280. The van der Waals surface area contributed by atoms with Gasteiger partial charge in [-0.2, -0.15) is 0 Å². The van der Waals surface area contributed by atoms with Crippen LogP contribution < -0.4 is 14.8 Å². The summed E-state index contributed by atoms with van der Waals surface area (Å²) in [6, 6.07) is 16.2. The highest BCUT2D eigenvalue weighted by atomic mass is 16.5. The molecule has 1 N–H and O–H groups in total. The maximum absolute atomic E-state index is 6.04. The summed E-state index contributed by atoms with van der Waals surface area (Å²) in [4.78, 5) is 0. The predicted molar refractivity (Wildman–Crippen MR) is 90.4 cm³/mol. The van der Waals surface area contributed by atoms with Crippen LogP contribution in [-0.4, -0.2) is 13.7 Å². The Kier molecular flexibility index (Phi) is 6.78. The van der Waals surface area contributed by atoms with Crippen LogP contribution in [0.1, 0.15) is 30.9 Å². The van der Waals surface area contributed by atoms with Crippen molar-refractivity contribution in [1.82, 2.24) is 5.32 Å². The number of hydrogen-bond acceptors (Lipinski definition) is 3. The molecule has 0 bridgehead atoms. The molecule has 22 heavy (non-hydrogen) atoms. The second kappa shape index (κ2) is 9.11. The first-order chi connectivity index (χ1) is 10.8. The van der Waals surface area contributed by atoms with Gasteiger partial charge in [0, 0.05) is 12.1 Å². The lowest BCUT2D eigenvalue weighted by atomic mass is 10.1. The highest BCUT2D eigenvalue weighted by Gasteiger charge is 2.10. The fourth-order valence-electron chi connectivity index (χ4n) is 2.28. The Morgan fingerprint density at radius 2 is 1.82 bits per heavy atom. The van der Waals surface area contributed by atoms with Gasteiger partial charge in [0.1, 0.15) is 6.61 Å². The van der Waals surface area contributed by atoms with Gasteiger partial charge in [0.05, 0.1) is 7.11 Å². The molecule has 0 unspecified atom stereocenters. The minimum Gasteiger partial charge on any atom is -0.493 e. The molecular weight excluding hydrogens is 274 g/mol. The van der Waals surface area contributed by atoms with Gasteiger partial charge in [-0.1, -0.05) is 55.8 Å². The van der Waals surface area contributed by atoms with Crippen molar-refractivity contribution in [2.45, 2.75) is 32.9 Å². The van der Waals surface area contributed by atoms with Crippen LogP contribution in [0.2, 0.25) is 0 Å². The average molecular weight is 299 g/mol. The standard InChI is InChI=1S/C19H25NO2/c1-3-4-13-20-14-17-11-8-12-18(21-2)19(17)22-15-16-9-6-5-7-10-16/h5-12,20H,3-4,13-15H2,1-2H3. The fraction of sp³-hybridized carbons (Fsp3) is 0.368. The third-order valence-corrected chi connectivity index (χ3v) is 3.53. The van der Waals surface area contributed by atoms with Crippen molar-refractivity contribution in [3.05, 3.63) is 59.7 Å². The summed E-state index contributed by atoms with van der Waals surface area (Å²) in [5.41, 5.74) is 2.28. The van der Waals surface area contributed by atoms with E-state index in [-0.39, 0.29) is 0 Å². The molecule has 0 aliphatic rings. The van der Waals surface area contributed by atoms with E-state index in [9.17, 15) is 0 Å². The molecule has 0 spiro atoms. The smallest absolute Gasteiger partial charge is 0.166 e. The third-order valence-electron chi connectivity index (χ3n) is 3.53. The van der Waals surface area contributed by atoms with E-state index in [1.54, 1.807) is 7.11 Å². The Bertz CT molecular complexity index is 555. The third kappa shape index (κ3) is 4.78. The molecule has 2 aromatic carbocycles. The lowest BCUT2D eigenvalue weighted by Gasteiger charge is -2.15. The van der Waals surface area contributed by atoms with Gasteiger partial charge >= 0.3 is 0 Å². The van der Waals surface area contributed by atoms with E-state index in [0.717, 1.165) is 35.7 Å². The molecule has 0 fully saturated rings. The van der Waals surface area contributed by atoms with Crippen molar-refractivity contribution < 1.29 is 9.47 Å². The molecule has 3 nitrogen and oxygen atoms in total. The van der Waals surface area contributed by atoms with Gasteiger partial charge in [0.25, 0.3) is 0 Å². The van der Waals surface area contributed by atoms with Gasteiger partial charge in [0.2, 0.25) is 0 Å². The number of rotatable bonds is 9. The van der Waals surface area contributed by atoms with E-state index >= 15 is 0 Å². The zero-order chi connectivity index (χ0) is 15.6. The molecule has 0 radical (unpaired) electrons. The Morgan fingerprint density at radius 1 is 1.00 bits per heavy atom. The van der Waals surface area contributed by atoms with Crippen molar-refractivity contribution in [3.8, 4) is 11.5 Å². The number of para-hydroxylation sites is 1. The topological polar surface area (TPSA) is 30.5 Å². The van der Waals surface area contributed by atoms with Crippen LogP contribution in [0.3, 0.4) is 0 Å². The second-order valence-corrected chi connectivity index (χ2v) is 5.25. The minimum absolute atomic E-state index is 0.545.